The van der Waals surface area contributed by atoms with E-state index in [9.17, 15) is 0 Å². The molecule has 1 unspecified atom stereocenters. The van der Waals surface area contributed by atoms with Gasteiger partial charge in [-0.05, 0) is 24.6 Å². The zero-order valence-corrected chi connectivity index (χ0v) is 13.4. The van der Waals surface area contributed by atoms with Crippen LogP contribution < -0.4 is 10.6 Å². The van der Waals surface area contributed by atoms with Gasteiger partial charge in [-0.2, -0.15) is 5.10 Å². The maximum atomic E-state index is 4.62. The fourth-order valence-corrected chi connectivity index (χ4v) is 2.90. The van der Waals surface area contributed by atoms with E-state index >= 15 is 0 Å². The van der Waals surface area contributed by atoms with Crippen molar-refractivity contribution in [3.8, 4) is 11.3 Å². The molecule has 1 saturated heterocycles. The van der Waals surface area contributed by atoms with Gasteiger partial charge in [-0.25, -0.2) is 9.97 Å². The van der Waals surface area contributed by atoms with Gasteiger partial charge in [0.05, 0.1) is 18.4 Å². The first kappa shape index (κ1) is 14.8. The van der Waals surface area contributed by atoms with Crippen molar-refractivity contribution in [2.45, 2.75) is 19.0 Å². The van der Waals surface area contributed by atoms with E-state index in [1.807, 2.05) is 41.3 Å². The van der Waals surface area contributed by atoms with Crippen molar-refractivity contribution in [3.05, 3.63) is 60.6 Å². The van der Waals surface area contributed by atoms with E-state index in [1.54, 1.807) is 6.20 Å². The molecule has 0 amide bonds. The second kappa shape index (κ2) is 6.80. The van der Waals surface area contributed by atoms with Gasteiger partial charge in [0.1, 0.15) is 0 Å². The Bertz CT molecular complexity index is 792. The Morgan fingerprint density at radius 1 is 1.21 bits per heavy atom. The second-order valence-electron chi connectivity index (χ2n) is 6.01. The van der Waals surface area contributed by atoms with Gasteiger partial charge >= 0.3 is 0 Å². The lowest BCUT2D eigenvalue weighted by Gasteiger charge is -2.11. The van der Waals surface area contributed by atoms with E-state index in [-0.39, 0.29) is 0 Å². The first-order valence-electron chi connectivity index (χ1n) is 8.24. The number of anilines is 1. The minimum Gasteiger partial charge on any atom is -0.350 e. The zero-order chi connectivity index (χ0) is 16.2. The molecule has 0 saturated carbocycles. The first-order valence-corrected chi connectivity index (χ1v) is 8.24. The van der Waals surface area contributed by atoms with Crippen LogP contribution >= 0.6 is 0 Å². The molecule has 1 aromatic carbocycles. The van der Waals surface area contributed by atoms with Gasteiger partial charge in [-0.1, -0.05) is 30.3 Å². The van der Waals surface area contributed by atoms with Gasteiger partial charge in [0.25, 0.3) is 0 Å². The van der Waals surface area contributed by atoms with E-state index in [0.29, 0.717) is 12.0 Å². The van der Waals surface area contributed by atoms with Gasteiger partial charge in [0, 0.05) is 30.5 Å². The van der Waals surface area contributed by atoms with E-state index in [1.165, 1.54) is 5.56 Å². The highest BCUT2D eigenvalue weighted by atomic mass is 15.3. The lowest BCUT2D eigenvalue weighted by Crippen LogP contribution is -2.23. The average molecular weight is 320 g/mol. The summed E-state index contributed by atoms with van der Waals surface area (Å²) < 4.78 is 1.93. The van der Waals surface area contributed by atoms with Crippen molar-refractivity contribution < 1.29 is 0 Å². The summed E-state index contributed by atoms with van der Waals surface area (Å²) in [6.45, 7) is 2.76. The van der Waals surface area contributed by atoms with E-state index in [4.69, 9.17) is 0 Å². The molecule has 1 aliphatic rings. The number of hydrogen-bond acceptors (Lipinski definition) is 5. The van der Waals surface area contributed by atoms with Gasteiger partial charge in [-0.15, -0.1) is 0 Å². The number of benzene rings is 1. The monoisotopic (exact) mass is 320 g/mol. The summed E-state index contributed by atoms with van der Waals surface area (Å²) in [6, 6.07) is 12.6. The summed E-state index contributed by atoms with van der Waals surface area (Å²) in [4.78, 5) is 8.95. The second-order valence-corrected chi connectivity index (χ2v) is 6.01. The third-order valence-electron chi connectivity index (χ3n) is 4.17. The van der Waals surface area contributed by atoms with Crippen molar-refractivity contribution in [1.29, 1.82) is 0 Å². The molecule has 2 aromatic heterocycles. The summed E-state index contributed by atoms with van der Waals surface area (Å²) in [5.41, 5.74) is 3.12. The molecule has 6 nitrogen and oxygen atoms in total. The SMILES string of the molecule is c1ccc(Cn2cc(-c3ccnc(NC4CCNC4)n3)cn2)cc1. The molecule has 0 spiro atoms. The maximum absolute atomic E-state index is 4.62. The summed E-state index contributed by atoms with van der Waals surface area (Å²) in [5, 5.41) is 11.2. The lowest BCUT2D eigenvalue weighted by molar-refractivity contribution is 0.687. The highest BCUT2D eigenvalue weighted by Gasteiger charge is 2.15. The Morgan fingerprint density at radius 3 is 2.96 bits per heavy atom. The van der Waals surface area contributed by atoms with Crippen molar-refractivity contribution >= 4 is 5.95 Å². The van der Waals surface area contributed by atoms with Crippen LogP contribution in [0.15, 0.2) is 55.0 Å². The van der Waals surface area contributed by atoms with Crippen molar-refractivity contribution in [3.63, 3.8) is 0 Å². The van der Waals surface area contributed by atoms with E-state index in [0.717, 1.165) is 37.3 Å². The topological polar surface area (TPSA) is 67.7 Å². The van der Waals surface area contributed by atoms with Crippen LogP contribution in [0, 0.1) is 0 Å². The van der Waals surface area contributed by atoms with Crippen molar-refractivity contribution in [2.24, 2.45) is 0 Å². The van der Waals surface area contributed by atoms with Crippen LogP contribution in [0.4, 0.5) is 5.95 Å². The number of aromatic nitrogens is 4. The molecule has 6 heteroatoms. The van der Waals surface area contributed by atoms with Crippen LogP contribution in [0.2, 0.25) is 0 Å². The number of rotatable bonds is 5. The molecule has 2 N–H and O–H groups in total. The predicted octanol–water partition coefficient (Wildman–Crippen LogP) is 2.16. The van der Waals surface area contributed by atoms with Crippen molar-refractivity contribution in [2.75, 3.05) is 18.4 Å². The van der Waals surface area contributed by atoms with E-state index in [2.05, 4.69) is 37.8 Å². The molecule has 1 aliphatic heterocycles. The molecule has 122 valence electrons. The average Bonchev–Trinajstić information content (AvgIpc) is 3.28. The highest BCUT2D eigenvalue weighted by Crippen LogP contribution is 2.18. The molecule has 3 aromatic rings. The summed E-state index contributed by atoms with van der Waals surface area (Å²) in [7, 11) is 0. The minimum absolute atomic E-state index is 0.404. The third kappa shape index (κ3) is 3.44. The van der Waals surface area contributed by atoms with Gasteiger partial charge in [-0.3, -0.25) is 4.68 Å². The summed E-state index contributed by atoms with van der Waals surface area (Å²) >= 11 is 0. The van der Waals surface area contributed by atoms with Crippen molar-refractivity contribution in [1.82, 2.24) is 25.1 Å². The highest BCUT2D eigenvalue weighted by molar-refractivity contribution is 5.58. The van der Waals surface area contributed by atoms with Gasteiger partial charge in [0.15, 0.2) is 0 Å². The normalized spacial score (nSPS) is 17.1. The van der Waals surface area contributed by atoms with Crippen LogP contribution in [0.25, 0.3) is 11.3 Å². The fraction of sp³-hybridized carbons (Fsp3) is 0.278. The molecule has 0 radical (unpaired) electrons. The van der Waals surface area contributed by atoms with Crippen LogP contribution in [0.1, 0.15) is 12.0 Å². The predicted molar refractivity (Wildman–Crippen MR) is 93.7 cm³/mol. The molecular formula is C18H20N6. The van der Waals surface area contributed by atoms with Crippen LogP contribution in [0.3, 0.4) is 0 Å². The Labute approximate surface area is 141 Å². The molecule has 3 heterocycles. The first-order chi connectivity index (χ1) is 11.9. The Hall–Kier alpha value is -2.73. The number of nitrogens with zero attached hydrogens (tertiary/aromatic N) is 4. The van der Waals surface area contributed by atoms with Crippen LogP contribution in [-0.4, -0.2) is 38.9 Å². The molecule has 24 heavy (non-hydrogen) atoms. The van der Waals surface area contributed by atoms with Crippen LogP contribution in [0.5, 0.6) is 0 Å². The lowest BCUT2D eigenvalue weighted by atomic mass is 10.2. The Morgan fingerprint density at radius 2 is 2.12 bits per heavy atom. The summed E-state index contributed by atoms with van der Waals surface area (Å²) in [5.74, 6) is 0.678. The zero-order valence-electron chi connectivity index (χ0n) is 13.4. The molecular weight excluding hydrogens is 300 g/mol. The standard InChI is InChI=1S/C18H20N6/c1-2-4-14(5-3-1)12-24-13-15(10-21-24)17-7-9-20-18(23-17)22-16-6-8-19-11-16/h1-5,7,9-10,13,16,19H,6,8,11-12H2,(H,20,22,23). The van der Waals surface area contributed by atoms with Gasteiger partial charge < -0.3 is 10.6 Å². The van der Waals surface area contributed by atoms with Gasteiger partial charge in [0.2, 0.25) is 5.95 Å². The summed E-state index contributed by atoms with van der Waals surface area (Å²) in [6.07, 6.45) is 6.77. The molecule has 0 bridgehead atoms. The molecule has 4 rings (SSSR count). The molecule has 1 atom stereocenters. The largest absolute Gasteiger partial charge is 0.350 e. The molecule has 0 aliphatic carbocycles. The van der Waals surface area contributed by atoms with E-state index < -0.39 is 0 Å². The smallest absolute Gasteiger partial charge is 0.223 e. The molecule has 1 fully saturated rings. The number of nitrogens with one attached hydrogen (secondary N) is 2. The maximum Gasteiger partial charge on any atom is 0.223 e. The number of hydrogen-bond donors (Lipinski definition) is 2. The minimum atomic E-state index is 0.404. The van der Waals surface area contributed by atoms with Crippen LogP contribution in [-0.2, 0) is 6.54 Å². The Kier molecular flexibility index (Phi) is 4.20. The Balaban J connectivity index is 1.49. The fourth-order valence-electron chi connectivity index (χ4n) is 2.90. The quantitative estimate of drug-likeness (QED) is 0.754. The third-order valence-corrected chi connectivity index (χ3v) is 4.17.